The number of carbonyl (C=O) groups excluding carboxylic acids is 1. The van der Waals surface area contributed by atoms with E-state index in [0.717, 1.165) is 17.7 Å². The number of carbonyl (C=O) groups is 1. The maximum absolute atomic E-state index is 13.3. The van der Waals surface area contributed by atoms with Crippen LogP contribution in [0.2, 0.25) is 5.02 Å². The fraction of sp³-hybridized carbons (Fsp3) is 0.318. The van der Waals surface area contributed by atoms with Crippen LogP contribution in [0.4, 0.5) is 4.39 Å². The third kappa shape index (κ3) is 4.31. The van der Waals surface area contributed by atoms with Crippen LogP contribution in [0.5, 0.6) is 5.75 Å². The summed E-state index contributed by atoms with van der Waals surface area (Å²) in [6.07, 6.45) is 1.89. The summed E-state index contributed by atoms with van der Waals surface area (Å²) in [4.78, 5) is 18.6. The summed E-state index contributed by atoms with van der Waals surface area (Å²) in [7, 11) is 0. The van der Waals surface area contributed by atoms with Crippen molar-refractivity contribution >= 4 is 17.5 Å². The molecule has 1 amide bonds. The molecule has 4 rings (SSSR count). The molecule has 6 nitrogen and oxygen atoms in total. The Balaban J connectivity index is 1.52. The van der Waals surface area contributed by atoms with Gasteiger partial charge in [0.1, 0.15) is 17.6 Å². The highest BCUT2D eigenvalue weighted by Crippen LogP contribution is 2.35. The van der Waals surface area contributed by atoms with Gasteiger partial charge in [-0.15, -0.1) is 0 Å². The first-order valence-electron chi connectivity index (χ1n) is 9.85. The summed E-state index contributed by atoms with van der Waals surface area (Å²) < 4.78 is 24.4. The normalized spacial score (nSPS) is 16.3. The van der Waals surface area contributed by atoms with Crippen molar-refractivity contribution in [1.29, 1.82) is 0 Å². The summed E-state index contributed by atoms with van der Waals surface area (Å²) in [6.45, 7) is 2.97. The van der Waals surface area contributed by atoms with Crippen LogP contribution in [-0.2, 0) is 11.3 Å². The lowest BCUT2D eigenvalue weighted by Crippen LogP contribution is -2.27. The molecule has 0 bridgehead atoms. The number of aromatic nitrogens is 2. The molecule has 1 aliphatic rings. The molecular weight excluding hydrogens is 409 g/mol. The summed E-state index contributed by atoms with van der Waals surface area (Å²) in [5.74, 6) is 1.16. The molecule has 0 aliphatic carbocycles. The van der Waals surface area contributed by atoms with Gasteiger partial charge < -0.3 is 14.2 Å². The van der Waals surface area contributed by atoms with Crippen molar-refractivity contribution < 1.29 is 18.4 Å². The molecule has 0 saturated carbocycles. The number of likely N-dealkylation sites (tertiary alicyclic amines) is 1. The van der Waals surface area contributed by atoms with Gasteiger partial charge in [-0.1, -0.05) is 29.7 Å². The van der Waals surface area contributed by atoms with Gasteiger partial charge in [0.15, 0.2) is 0 Å². The minimum absolute atomic E-state index is 0.0300. The van der Waals surface area contributed by atoms with Crippen LogP contribution < -0.4 is 4.74 Å². The van der Waals surface area contributed by atoms with Gasteiger partial charge in [-0.05, 0) is 54.8 Å². The second kappa shape index (κ2) is 8.83. The Bertz CT molecular complexity index is 1040. The lowest BCUT2D eigenvalue weighted by molar-refractivity contribution is -0.129. The van der Waals surface area contributed by atoms with E-state index in [1.807, 2.05) is 24.3 Å². The molecule has 0 spiro atoms. The molecule has 8 heteroatoms. The van der Waals surface area contributed by atoms with E-state index in [1.165, 1.54) is 12.1 Å². The Kier molecular flexibility index (Phi) is 5.99. The predicted molar refractivity (Wildman–Crippen MR) is 109 cm³/mol. The largest absolute Gasteiger partial charge is 0.494 e. The van der Waals surface area contributed by atoms with Crippen molar-refractivity contribution in [2.24, 2.45) is 0 Å². The van der Waals surface area contributed by atoms with Crippen molar-refractivity contribution in [2.45, 2.75) is 38.8 Å². The highest BCUT2D eigenvalue weighted by atomic mass is 35.5. The van der Waals surface area contributed by atoms with Gasteiger partial charge in [0, 0.05) is 23.6 Å². The minimum atomic E-state index is -0.416. The highest BCUT2D eigenvalue weighted by Gasteiger charge is 2.36. The van der Waals surface area contributed by atoms with Gasteiger partial charge in [-0.2, -0.15) is 4.98 Å². The fourth-order valence-corrected chi connectivity index (χ4v) is 3.66. The fourth-order valence-electron chi connectivity index (χ4n) is 3.43. The van der Waals surface area contributed by atoms with Gasteiger partial charge >= 0.3 is 0 Å². The first-order valence-corrected chi connectivity index (χ1v) is 10.2. The molecule has 30 heavy (non-hydrogen) atoms. The number of hydrogen-bond donors (Lipinski definition) is 0. The maximum atomic E-state index is 13.3. The second-order valence-electron chi connectivity index (χ2n) is 7.14. The van der Waals surface area contributed by atoms with Crippen LogP contribution in [0.15, 0.2) is 47.0 Å². The maximum Gasteiger partial charge on any atom is 0.249 e. The number of nitrogens with zero attached hydrogens (tertiary/aromatic N) is 3. The molecule has 0 N–H and O–H groups in total. The van der Waals surface area contributed by atoms with Crippen LogP contribution in [0.1, 0.15) is 43.7 Å². The summed E-state index contributed by atoms with van der Waals surface area (Å²) in [6, 6.07) is 11.3. The predicted octanol–water partition coefficient (Wildman–Crippen LogP) is 5.18. The van der Waals surface area contributed by atoms with E-state index >= 15 is 0 Å². The average molecular weight is 430 g/mol. The molecule has 2 heterocycles. The molecule has 1 aromatic heterocycles. The first kappa shape index (κ1) is 20.3. The highest BCUT2D eigenvalue weighted by molar-refractivity contribution is 6.31. The van der Waals surface area contributed by atoms with Gasteiger partial charge in [-0.3, -0.25) is 4.79 Å². The van der Waals surface area contributed by atoms with E-state index in [-0.39, 0.29) is 23.5 Å². The average Bonchev–Trinajstić information content (AvgIpc) is 3.36. The third-order valence-electron chi connectivity index (χ3n) is 5.00. The molecule has 1 unspecified atom stereocenters. The second-order valence-corrected chi connectivity index (χ2v) is 7.55. The SMILES string of the molecule is CCCOc1ccc(-c2noc(C3CCC(=O)N3Cc3ccc(F)cc3Cl)n2)cc1. The van der Waals surface area contributed by atoms with Crippen LogP contribution in [-0.4, -0.2) is 27.6 Å². The lowest BCUT2D eigenvalue weighted by Gasteiger charge is -2.22. The molecule has 2 aromatic carbocycles. The minimum Gasteiger partial charge on any atom is -0.494 e. The monoisotopic (exact) mass is 429 g/mol. The van der Waals surface area contributed by atoms with E-state index in [4.69, 9.17) is 20.9 Å². The van der Waals surface area contributed by atoms with Gasteiger partial charge in [0.05, 0.1) is 6.61 Å². The van der Waals surface area contributed by atoms with Crippen molar-refractivity contribution in [2.75, 3.05) is 6.61 Å². The van der Waals surface area contributed by atoms with Crippen LogP contribution >= 0.6 is 11.6 Å². The van der Waals surface area contributed by atoms with Gasteiger partial charge in [0.2, 0.25) is 17.6 Å². The Morgan fingerprint density at radius 1 is 1.27 bits per heavy atom. The molecule has 1 aliphatic heterocycles. The number of rotatable bonds is 7. The zero-order valence-corrected chi connectivity index (χ0v) is 17.2. The number of ether oxygens (including phenoxy) is 1. The number of halogens is 2. The van der Waals surface area contributed by atoms with Crippen molar-refractivity contribution in [3.63, 3.8) is 0 Å². The molecule has 1 atom stereocenters. The standard InChI is InChI=1S/C22H21ClFN3O3/c1-2-11-29-17-7-4-14(5-8-17)21-25-22(30-26-21)19-9-10-20(28)27(19)13-15-3-6-16(24)12-18(15)23/h3-8,12,19H,2,9-11,13H2,1H3. The lowest BCUT2D eigenvalue weighted by atomic mass is 10.1. The zero-order valence-electron chi connectivity index (χ0n) is 16.5. The Labute approximate surface area is 178 Å². The Morgan fingerprint density at radius 2 is 2.07 bits per heavy atom. The molecule has 1 saturated heterocycles. The molecule has 3 aromatic rings. The van der Waals surface area contributed by atoms with E-state index in [0.29, 0.717) is 36.7 Å². The summed E-state index contributed by atoms with van der Waals surface area (Å²) in [5.41, 5.74) is 1.46. The summed E-state index contributed by atoms with van der Waals surface area (Å²) >= 11 is 6.14. The Hall–Kier alpha value is -2.93. The number of hydrogen-bond acceptors (Lipinski definition) is 5. The van der Waals surface area contributed by atoms with E-state index < -0.39 is 5.82 Å². The van der Waals surface area contributed by atoms with Crippen LogP contribution in [0, 0.1) is 5.82 Å². The molecule has 156 valence electrons. The third-order valence-corrected chi connectivity index (χ3v) is 5.35. The zero-order chi connectivity index (χ0) is 21.1. The Morgan fingerprint density at radius 3 is 2.80 bits per heavy atom. The van der Waals surface area contributed by atoms with E-state index in [9.17, 15) is 9.18 Å². The van der Waals surface area contributed by atoms with Crippen LogP contribution in [0.3, 0.4) is 0 Å². The van der Waals surface area contributed by atoms with Gasteiger partial charge in [-0.25, -0.2) is 4.39 Å². The quantitative estimate of drug-likeness (QED) is 0.517. The van der Waals surface area contributed by atoms with E-state index in [2.05, 4.69) is 17.1 Å². The van der Waals surface area contributed by atoms with Crippen molar-refractivity contribution in [3.05, 3.63) is 64.8 Å². The smallest absolute Gasteiger partial charge is 0.249 e. The van der Waals surface area contributed by atoms with Crippen LogP contribution in [0.25, 0.3) is 11.4 Å². The summed E-state index contributed by atoms with van der Waals surface area (Å²) in [5, 5.41) is 4.36. The number of benzene rings is 2. The topological polar surface area (TPSA) is 68.5 Å². The number of amides is 1. The van der Waals surface area contributed by atoms with Gasteiger partial charge in [0.25, 0.3) is 0 Å². The first-order chi connectivity index (χ1) is 14.5. The van der Waals surface area contributed by atoms with Crippen molar-refractivity contribution in [1.82, 2.24) is 15.0 Å². The molecule has 0 radical (unpaired) electrons. The van der Waals surface area contributed by atoms with E-state index in [1.54, 1.807) is 11.0 Å². The molecular formula is C22H21ClFN3O3. The van der Waals surface area contributed by atoms with Crippen molar-refractivity contribution in [3.8, 4) is 17.1 Å². The molecule has 1 fully saturated rings.